The van der Waals surface area contributed by atoms with E-state index in [1.54, 1.807) is 42.7 Å². The van der Waals surface area contributed by atoms with E-state index in [2.05, 4.69) is 4.74 Å². The number of hydrogen-bond donors (Lipinski definition) is 2. The molecular weight excluding hydrogens is 559 g/mol. The highest BCUT2D eigenvalue weighted by molar-refractivity contribution is 6.30. The summed E-state index contributed by atoms with van der Waals surface area (Å²) < 4.78 is 50.3. The number of aldehydes is 1. The fourth-order valence-electron chi connectivity index (χ4n) is 4.59. The van der Waals surface area contributed by atoms with Gasteiger partial charge in [0, 0.05) is 28.8 Å². The van der Waals surface area contributed by atoms with Gasteiger partial charge in [-0.1, -0.05) is 56.7 Å². The summed E-state index contributed by atoms with van der Waals surface area (Å²) >= 11 is 6.50. The fraction of sp³-hybridized carbons (Fsp3) is 0.387. The highest BCUT2D eigenvalue weighted by Crippen LogP contribution is 2.39. The molecule has 10 heteroatoms. The Kier molecular flexibility index (Phi) is 12.5. The van der Waals surface area contributed by atoms with Gasteiger partial charge in [0.1, 0.15) is 11.5 Å². The van der Waals surface area contributed by atoms with Gasteiger partial charge in [-0.25, -0.2) is 0 Å². The van der Waals surface area contributed by atoms with Crippen molar-refractivity contribution >= 4 is 28.8 Å². The number of nitrogens with zero attached hydrogens (tertiary/aromatic N) is 1. The molecule has 0 radical (unpaired) electrons. The molecule has 3 aromatic rings. The maximum atomic E-state index is 13.0. The Hall–Kier alpha value is -3.27. The lowest BCUT2D eigenvalue weighted by molar-refractivity contribution is -0.274. The predicted molar refractivity (Wildman–Crippen MR) is 155 cm³/mol. The minimum absolute atomic E-state index is 0.236. The predicted octanol–water partition coefficient (Wildman–Crippen LogP) is 7.62. The number of aliphatic hydroxyl groups excluding tert-OH is 2. The lowest BCUT2D eigenvalue weighted by atomic mass is 9.97. The van der Waals surface area contributed by atoms with E-state index in [0.29, 0.717) is 57.6 Å². The van der Waals surface area contributed by atoms with E-state index in [-0.39, 0.29) is 11.7 Å². The Bertz CT molecular complexity index is 1380. The van der Waals surface area contributed by atoms with E-state index in [9.17, 15) is 23.1 Å². The summed E-state index contributed by atoms with van der Waals surface area (Å²) in [5, 5.41) is 19.4. The van der Waals surface area contributed by atoms with Crippen molar-refractivity contribution in [3.63, 3.8) is 0 Å². The Morgan fingerprint density at radius 3 is 2.44 bits per heavy atom. The molecule has 4 rings (SSSR count). The van der Waals surface area contributed by atoms with Crippen molar-refractivity contribution < 1.29 is 37.7 Å². The van der Waals surface area contributed by atoms with Gasteiger partial charge in [-0.15, -0.1) is 13.2 Å². The molecule has 1 aromatic heterocycles. The van der Waals surface area contributed by atoms with Crippen LogP contribution in [0.2, 0.25) is 0 Å². The van der Waals surface area contributed by atoms with Crippen LogP contribution in [0.5, 0.6) is 11.5 Å². The first-order valence-electron chi connectivity index (χ1n) is 13.3. The number of carbonyl (C=O) groups is 1. The number of aromatic nitrogens is 1. The average molecular weight is 596 g/mol. The second-order valence-corrected chi connectivity index (χ2v) is 9.67. The Balaban J connectivity index is 0.00000141. The standard InChI is InChI=1S/C28H27ClF3NO4.C2H6.CH4O/c1-16-7-9-22(25(29)11-16)27(35)33-18(3)23(13-19-5-4-6-20(12-19)36-17(2)15-34)24-14-21(8-10-26(24)33)37-28(30,31)32;2*1-2/h4-10,12,14-17,27,35H,11,13H2,1-3H3;1-2H3;2H,1H3. The molecule has 0 spiro atoms. The lowest BCUT2D eigenvalue weighted by Crippen LogP contribution is -2.17. The second-order valence-electron chi connectivity index (χ2n) is 9.22. The molecule has 0 amide bonds. The average Bonchev–Trinajstić information content (AvgIpc) is 3.20. The van der Waals surface area contributed by atoms with Crippen LogP contribution in [-0.2, 0) is 11.2 Å². The highest BCUT2D eigenvalue weighted by Gasteiger charge is 2.32. The fourth-order valence-corrected chi connectivity index (χ4v) is 4.99. The van der Waals surface area contributed by atoms with Crippen LogP contribution in [0.4, 0.5) is 13.2 Å². The number of rotatable bonds is 8. The summed E-state index contributed by atoms with van der Waals surface area (Å²) in [6.07, 6.45) is -1.22. The molecule has 0 fully saturated rings. The zero-order chi connectivity index (χ0) is 30.9. The molecule has 1 heterocycles. The number of allylic oxidation sites excluding steroid dienone is 2. The first kappa shape index (κ1) is 33.9. The van der Waals surface area contributed by atoms with Gasteiger partial charge >= 0.3 is 6.36 Å². The van der Waals surface area contributed by atoms with Crippen molar-refractivity contribution in [3.8, 4) is 11.5 Å². The van der Waals surface area contributed by atoms with Crippen LogP contribution in [0.25, 0.3) is 10.9 Å². The van der Waals surface area contributed by atoms with Crippen molar-refractivity contribution in [2.24, 2.45) is 5.92 Å². The first-order chi connectivity index (χ1) is 19.5. The highest BCUT2D eigenvalue weighted by atomic mass is 35.5. The van der Waals surface area contributed by atoms with Crippen molar-refractivity contribution in [1.29, 1.82) is 0 Å². The summed E-state index contributed by atoms with van der Waals surface area (Å²) in [5.41, 5.74) is 3.29. The van der Waals surface area contributed by atoms with E-state index >= 15 is 0 Å². The third kappa shape index (κ3) is 8.61. The van der Waals surface area contributed by atoms with E-state index in [1.807, 2.05) is 32.9 Å². The number of halogens is 4. The maximum absolute atomic E-state index is 13.0. The first-order valence-corrected chi connectivity index (χ1v) is 13.6. The van der Waals surface area contributed by atoms with Crippen LogP contribution in [0.3, 0.4) is 0 Å². The number of ether oxygens (including phenoxy) is 2. The second kappa shape index (κ2) is 15.1. The minimum Gasteiger partial charge on any atom is -0.483 e. The van der Waals surface area contributed by atoms with Gasteiger partial charge in [0.25, 0.3) is 0 Å². The quantitative estimate of drug-likeness (QED) is 0.262. The number of carbonyl (C=O) groups excluding carboxylic acids is 1. The maximum Gasteiger partial charge on any atom is 0.573 e. The summed E-state index contributed by atoms with van der Waals surface area (Å²) in [4.78, 5) is 11.0. The SMILES string of the molecule is CC.CO.Cc1c(Cc2cccc(OC(C)C=O)c2)c2cc(OC(F)(F)F)ccc2n1C(O)C1=C(Cl)CC(C)C=C1. The summed E-state index contributed by atoms with van der Waals surface area (Å²) in [7, 11) is 1.00. The number of hydrogen-bond acceptors (Lipinski definition) is 5. The molecule has 2 N–H and O–H groups in total. The number of aliphatic hydroxyl groups is 2. The number of benzene rings is 2. The van der Waals surface area contributed by atoms with Gasteiger partial charge < -0.3 is 24.3 Å². The molecule has 41 heavy (non-hydrogen) atoms. The zero-order valence-electron chi connectivity index (χ0n) is 24.0. The third-order valence-electron chi connectivity index (χ3n) is 6.32. The largest absolute Gasteiger partial charge is 0.573 e. The summed E-state index contributed by atoms with van der Waals surface area (Å²) in [5.74, 6) is 0.381. The van der Waals surface area contributed by atoms with Crippen LogP contribution in [0.15, 0.2) is 65.2 Å². The van der Waals surface area contributed by atoms with Gasteiger partial charge in [-0.05, 0) is 74.1 Å². The molecule has 224 valence electrons. The molecule has 0 aliphatic heterocycles. The third-order valence-corrected chi connectivity index (χ3v) is 6.69. The molecular formula is C31H37ClF3NO5. The van der Waals surface area contributed by atoms with Crippen molar-refractivity contribution in [2.75, 3.05) is 7.11 Å². The molecule has 1 aliphatic carbocycles. The van der Waals surface area contributed by atoms with Crippen molar-refractivity contribution in [3.05, 3.63) is 82.0 Å². The molecule has 0 bridgehead atoms. The zero-order valence-corrected chi connectivity index (χ0v) is 24.8. The number of fused-ring (bicyclic) bond motifs is 1. The minimum atomic E-state index is -4.84. The van der Waals surface area contributed by atoms with Crippen LogP contribution in [0, 0.1) is 12.8 Å². The van der Waals surface area contributed by atoms with E-state index in [4.69, 9.17) is 21.4 Å². The van der Waals surface area contributed by atoms with Crippen molar-refractivity contribution in [1.82, 2.24) is 4.57 Å². The molecule has 0 saturated heterocycles. The van der Waals surface area contributed by atoms with Gasteiger partial charge in [-0.3, -0.25) is 4.79 Å². The van der Waals surface area contributed by atoms with E-state index < -0.39 is 18.7 Å². The van der Waals surface area contributed by atoms with Crippen LogP contribution in [0.1, 0.15) is 57.2 Å². The lowest BCUT2D eigenvalue weighted by Gasteiger charge is -2.23. The van der Waals surface area contributed by atoms with Crippen LogP contribution in [-0.4, -0.2) is 40.6 Å². The Labute approximate surface area is 243 Å². The van der Waals surface area contributed by atoms with Crippen LogP contribution >= 0.6 is 11.6 Å². The molecule has 3 atom stereocenters. The normalized spacial score (nSPS) is 16.2. The summed E-state index contributed by atoms with van der Waals surface area (Å²) in [6, 6.07) is 11.2. The van der Waals surface area contributed by atoms with Crippen molar-refractivity contribution in [2.45, 2.75) is 66.2 Å². The number of alkyl halides is 3. The molecule has 3 unspecified atom stereocenters. The topological polar surface area (TPSA) is 80.9 Å². The van der Waals surface area contributed by atoms with Crippen LogP contribution < -0.4 is 9.47 Å². The van der Waals surface area contributed by atoms with E-state index in [1.165, 1.54) is 18.2 Å². The molecule has 6 nitrogen and oxygen atoms in total. The van der Waals surface area contributed by atoms with Gasteiger partial charge in [0.05, 0.1) is 5.52 Å². The van der Waals surface area contributed by atoms with Gasteiger partial charge in [-0.2, -0.15) is 0 Å². The summed E-state index contributed by atoms with van der Waals surface area (Å²) in [6.45, 7) is 9.45. The van der Waals surface area contributed by atoms with Gasteiger partial charge in [0.15, 0.2) is 18.6 Å². The monoisotopic (exact) mass is 595 g/mol. The van der Waals surface area contributed by atoms with E-state index in [0.717, 1.165) is 12.7 Å². The Morgan fingerprint density at radius 2 is 1.83 bits per heavy atom. The molecule has 0 saturated carbocycles. The van der Waals surface area contributed by atoms with Gasteiger partial charge in [0.2, 0.25) is 0 Å². The smallest absolute Gasteiger partial charge is 0.483 e. The Morgan fingerprint density at radius 1 is 1.15 bits per heavy atom. The molecule has 2 aromatic carbocycles. The molecule has 1 aliphatic rings.